The van der Waals surface area contributed by atoms with Gasteiger partial charge in [-0.15, -0.1) is 13.2 Å². The first-order valence-electron chi connectivity index (χ1n) is 9.85. The second kappa shape index (κ2) is 9.49. The summed E-state index contributed by atoms with van der Waals surface area (Å²) < 4.78 is 40.6. The third kappa shape index (κ3) is 6.47. The molecule has 0 atom stereocenters. The summed E-state index contributed by atoms with van der Waals surface area (Å²) in [4.78, 5) is 16.7. The summed E-state index contributed by atoms with van der Waals surface area (Å²) in [5.41, 5.74) is 3.98. The number of alkyl halides is 3. The lowest BCUT2D eigenvalue weighted by Gasteiger charge is -2.34. The van der Waals surface area contributed by atoms with Gasteiger partial charge in [0.25, 0.3) is 0 Å². The number of piperazine rings is 1. The summed E-state index contributed by atoms with van der Waals surface area (Å²) in [6.07, 6.45) is -4.68. The van der Waals surface area contributed by atoms with E-state index in [-0.39, 0.29) is 11.7 Å². The van der Waals surface area contributed by atoms with E-state index < -0.39 is 6.36 Å². The lowest BCUT2D eigenvalue weighted by Crippen LogP contribution is -2.48. The maximum atomic E-state index is 12.4. The topological polar surface area (TPSA) is 44.8 Å². The van der Waals surface area contributed by atoms with Crippen molar-refractivity contribution in [2.75, 3.05) is 38.0 Å². The van der Waals surface area contributed by atoms with Crippen LogP contribution in [-0.4, -0.2) is 54.8 Å². The van der Waals surface area contributed by atoms with E-state index in [9.17, 15) is 18.0 Å². The second-order valence-corrected chi connectivity index (χ2v) is 7.54. The first kappa shape index (κ1) is 22.1. The van der Waals surface area contributed by atoms with Crippen LogP contribution in [0.1, 0.15) is 16.7 Å². The molecule has 162 valence electrons. The van der Waals surface area contributed by atoms with Crippen LogP contribution >= 0.6 is 0 Å². The van der Waals surface area contributed by atoms with Crippen LogP contribution < -0.4 is 10.1 Å². The Morgan fingerprint density at radius 1 is 1.00 bits per heavy atom. The first-order valence-corrected chi connectivity index (χ1v) is 9.85. The van der Waals surface area contributed by atoms with Crippen molar-refractivity contribution in [3.63, 3.8) is 0 Å². The summed E-state index contributed by atoms with van der Waals surface area (Å²) >= 11 is 0. The minimum Gasteiger partial charge on any atom is -0.406 e. The molecule has 1 aliphatic heterocycles. The van der Waals surface area contributed by atoms with Crippen LogP contribution in [0.25, 0.3) is 0 Å². The highest BCUT2D eigenvalue weighted by molar-refractivity contribution is 5.93. The summed E-state index contributed by atoms with van der Waals surface area (Å²) in [6, 6.07) is 11.8. The Balaban J connectivity index is 1.43. The first-order chi connectivity index (χ1) is 14.2. The largest absolute Gasteiger partial charge is 0.573 e. The average Bonchev–Trinajstić information content (AvgIpc) is 2.67. The van der Waals surface area contributed by atoms with Crippen LogP contribution in [0.5, 0.6) is 5.75 Å². The van der Waals surface area contributed by atoms with E-state index in [1.807, 2.05) is 32.0 Å². The van der Waals surface area contributed by atoms with Crippen molar-refractivity contribution < 1.29 is 22.7 Å². The quantitative estimate of drug-likeness (QED) is 0.767. The van der Waals surface area contributed by atoms with Gasteiger partial charge in [0.15, 0.2) is 0 Å². The second-order valence-electron chi connectivity index (χ2n) is 7.54. The van der Waals surface area contributed by atoms with Gasteiger partial charge in [0, 0.05) is 38.4 Å². The fourth-order valence-corrected chi connectivity index (χ4v) is 3.44. The number of anilines is 1. The normalized spacial score (nSPS) is 15.8. The van der Waals surface area contributed by atoms with E-state index in [2.05, 4.69) is 19.9 Å². The van der Waals surface area contributed by atoms with Gasteiger partial charge in [0.1, 0.15) is 5.75 Å². The van der Waals surface area contributed by atoms with E-state index in [4.69, 9.17) is 0 Å². The Morgan fingerprint density at radius 2 is 1.63 bits per heavy atom. The number of carbonyl (C=O) groups excluding carboxylic acids is 1. The fourth-order valence-electron chi connectivity index (χ4n) is 3.44. The van der Waals surface area contributed by atoms with E-state index in [1.54, 1.807) is 12.1 Å². The zero-order valence-corrected chi connectivity index (χ0v) is 17.1. The van der Waals surface area contributed by atoms with Gasteiger partial charge in [0.05, 0.1) is 6.54 Å². The third-order valence-electron chi connectivity index (χ3n) is 5.27. The molecule has 3 rings (SSSR count). The number of amides is 1. The summed E-state index contributed by atoms with van der Waals surface area (Å²) in [7, 11) is 0. The van der Waals surface area contributed by atoms with Gasteiger partial charge in [-0.25, -0.2) is 0 Å². The molecule has 30 heavy (non-hydrogen) atoms. The lowest BCUT2D eigenvalue weighted by atomic mass is 10.1. The number of halogens is 3. The van der Waals surface area contributed by atoms with Crippen LogP contribution in [0.4, 0.5) is 18.9 Å². The molecule has 1 aliphatic rings. The molecule has 2 aromatic carbocycles. The minimum atomic E-state index is -4.68. The van der Waals surface area contributed by atoms with Crippen molar-refractivity contribution >= 4 is 11.6 Å². The number of ether oxygens (including phenoxy) is 1. The molecule has 0 saturated carbocycles. The van der Waals surface area contributed by atoms with Gasteiger partial charge in [-0.1, -0.05) is 24.3 Å². The Kier molecular flexibility index (Phi) is 6.99. The maximum absolute atomic E-state index is 12.4. The zero-order chi connectivity index (χ0) is 21.7. The monoisotopic (exact) mass is 421 g/mol. The van der Waals surface area contributed by atoms with Gasteiger partial charge in [-0.2, -0.15) is 0 Å². The molecule has 1 heterocycles. The molecule has 5 nitrogen and oxygen atoms in total. The van der Waals surface area contributed by atoms with Crippen LogP contribution in [0.3, 0.4) is 0 Å². The SMILES string of the molecule is Cc1cccc(NC(=O)CN2CCN(Cc3ccc(OC(F)(F)F)cc3)CC2)c1C. The predicted octanol–water partition coefficient (Wildman–Crippen LogP) is 3.96. The number of aryl methyl sites for hydroxylation is 1. The summed E-state index contributed by atoms with van der Waals surface area (Å²) in [6.45, 7) is 8.09. The molecule has 8 heteroatoms. The van der Waals surface area contributed by atoms with Crippen molar-refractivity contribution in [1.29, 1.82) is 0 Å². The Hall–Kier alpha value is -2.58. The van der Waals surface area contributed by atoms with Crippen molar-refractivity contribution in [2.24, 2.45) is 0 Å². The van der Waals surface area contributed by atoms with Gasteiger partial charge in [-0.05, 0) is 48.7 Å². The molecular formula is C22H26F3N3O2. The molecular weight excluding hydrogens is 395 g/mol. The van der Waals surface area contributed by atoms with Crippen molar-refractivity contribution in [3.8, 4) is 5.75 Å². The maximum Gasteiger partial charge on any atom is 0.573 e. The standard InChI is InChI=1S/C22H26F3N3O2/c1-16-4-3-5-20(17(16)2)26-21(29)15-28-12-10-27(11-13-28)14-18-6-8-19(9-7-18)30-22(23,24)25/h3-9H,10-15H2,1-2H3,(H,26,29). The molecule has 1 N–H and O–H groups in total. The van der Waals surface area contributed by atoms with Gasteiger partial charge in [0.2, 0.25) is 5.91 Å². The third-order valence-corrected chi connectivity index (χ3v) is 5.27. The highest BCUT2D eigenvalue weighted by Crippen LogP contribution is 2.23. The van der Waals surface area contributed by atoms with Gasteiger partial charge >= 0.3 is 6.36 Å². The number of rotatable bonds is 6. The number of carbonyl (C=O) groups is 1. The number of benzene rings is 2. The number of nitrogens with zero attached hydrogens (tertiary/aromatic N) is 2. The smallest absolute Gasteiger partial charge is 0.406 e. The molecule has 2 aromatic rings. The van der Waals surface area contributed by atoms with E-state index >= 15 is 0 Å². The lowest BCUT2D eigenvalue weighted by molar-refractivity contribution is -0.274. The highest BCUT2D eigenvalue weighted by Gasteiger charge is 2.31. The predicted molar refractivity (Wildman–Crippen MR) is 109 cm³/mol. The summed E-state index contributed by atoms with van der Waals surface area (Å²) in [5.74, 6) is -0.247. The van der Waals surface area contributed by atoms with Crippen molar-refractivity contribution in [3.05, 3.63) is 59.2 Å². The Labute approximate surface area is 174 Å². The number of hydrogen-bond acceptors (Lipinski definition) is 4. The minimum absolute atomic E-state index is 0.0302. The molecule has 1 amide bonds. The average molecular weight is 421 g/mol. The molecule has 0 unspecified atom stereocenters. The van der Waals surface area contributed by atoms with E-state index in [0.29, 0.717) is 13.1 Å². The Morgan fingerprint density at radius 3 is 2.27 bits per heavy atom. The molecule has 0 radical (unpaired) electrons. The summed E-state index contributed by atoms with van der Waals surface area (Å²) in [5, 5.41) is 2.98. The van der Waals surface area contributed by atoms with Crippen LogP contribution in [0.2, 0.25) is 0 Å². The molecule has 0 aromatic heterocycles. The number of hydrogen-bond donors (Lipinski definition) is 1. The van der Waals surface area contributed by atoms with Gasteiger partial charge < -0.3 is 10.1 Å². The van der Waals surface area contributed by atoms with Crippen LogP contribution in [0.15, 0.2) is 42.5 Å². The molecule has 0 aliphatic carbocycles. The number of nitrogens with one attached hydrogen (secondary N) is 1. The van der Waals surface area contributed by atoms with Crippen LogP contribution in [0, 0.1) is 13.8 Å². The molecule has 0 bridgehead atoms. The molecule has 1 saturated heterocycles. The highest BCUT2D eigenvalue weighted by atomic mass is 19.4. The zero-order valence-electron chi connectivity index (χ0n) is 17.1. The Bertz CT molecular complexity index is 861. The fraction of sp³-hybridized carbons (Fsp3) is 0.409. The van der Waals surface area contributed by atoms with Crippen molar-refractivity contribution in [1.82, 2.24) is 9.80 Å². The molecule has 0 spiro atoms. The van der Waals surface area contributed by atoms with Crippen molar-refractivity contribution in [2.45, 2.75) is 26.8 Å². The molecule has 1 fully saturated rings. The van der Waals surface area contributed by atoms with E-state index in [1.165, 1.54) is 12.1 Å². The van der Waals surface area contributed by atoms with Gasteiger partial charge in [-0.3, -0.25) is 14.6 Å². The van der Waals surface area contributed by atoms with E-state index in [0.717, 1.165) is 48.6 Å². The van der Waals surface area contributed by atoms with Crippen LogP contribution in [-0.2, 0) is 11.3 Å².